The van der Waals surface area contributed by atoms with Gasteiger partial charge in [0.05, 0.1) is 0 Å². The summed E-state index contributed by atoms with van der Waals surface area (Å²) < 4.78 is 27.6. The van der Waals surface area contributed by atoms with Crippen LogP contribution in [0.4, 0.5) is 8.78 Å². The molecular formula is C21H25F2N3O3. The standard InChI is InChI=1S/C21H25F2N3O3/c22-18-9-4-10-19(23)17(18)14-25-16(11-12-20(27)26-29)8-5-13-24-21(28)15-6-2-1-3-7-15/h1-4,6-7,9-10,16,25,29H,5,8,11-14H2,(H,24,28)(H,26,27). The summed E-state index contributed by atoms with van der Waals surface area (Å²) in [6.07, 6.45) is 1.61. The average Bonchev–Trinajstić information content (AvgIpc) is 2.74. The number of hydroxylamine groups is 1. The van der Waals surface area contributed by atoms with Gasteiger partial charge in [0.2, 0.25) is 5.91 Å². The highest BCUT2D eigenvalue weighted by atomic mass is 19.1. The van der Waals surface area contributed by atoms with Crippen LogP contribution in [0.15, 0.2) is 48.5 Å². The van der Waals surface area contributed by atoms with Gasteiger partial charge in [0.15, 0.2) is 0 Å². The van der Waals surface area contributed by atoms with E-state index < -0.39 is 17.5 Å². The molecule has 0 bridgehead atoms. The van der Waals surface area contributed by atoms with Crippen molar-refractivity contribution in [2.45, 2.75) is 38.3 Å². The first-order chi connectivity index (χ1) is 14.0. The number of benzene rings is 2. The van der Waals surface area contributed by atoms with Gasteiger partial charge in [-0.05, 0) is 43.5 Å². The van der Waals surface area contributed by atoms with Gasteiger partial charge in [0.25, 0.3) is 5.91 Å². The number of carbonyl (C=O) groups excluding carboxylic acids is 2. The summed E-state index contributed by atoms with van der Waals surface area (Å²) in [6, 6.07) is 12.3. The van der Waals surface area contributed by atoms with Gasteiger partial charge >= 0.3 is 0 Å². The molecular weight excluding hydrogens is 380 g/mol. The minimum absolute atomic E-state index is 0.0275. The van der Waals surface area contributed by atoms with E-state index in [0.717, 1.165) is 0 Å². The van der Waals surface area contributed by atoms with E-state index in [1.807, 2.05) is 6.07 Å². The Bertz CT molecular complexity index is 783. The Morgan fingerprint density at radius 1 is 0.966 bits per heavy atom. The van der Waals surface area contributed by atoms with E-state index in [2.05, 4.69) is 10.6 Å². The molecule has 2 aromatic carbocycles. The van der Waals surface area contributed by atoms with E-state index in [1.165, 1.54) is 18.2 Å². The lowest BCUT2D eigenvalue weighted by Crippen LogP contribution is -2.33. The van der Waals surface area contributed by atoms with Crippen molar-refractivity contribution >= 4 is 11.8 Å². The Morgan fingerprint density at radius 3 is 2.31 bits per heavy atom. The van der Waals surface area contributed by atoms with Gasteiger partial charge in [-0.25, -0.2) is 14.3 Å². The first kappa shape index (κ1) is 22.4. The monoisotopic (exact) mass is 405 g/mol. The van der Waals surface area contributed by atoms with Crippen molar-refractivity contribution in [3.8, 4) is 0 Å². The van der Waals surface area contributed by atoms with Crippen LogP contribution in [-0.2, 0) is 11.3 Å². The summed E-state index contributed by atoms with van der Waals surface area (Å²) in [5.74, 6) is -1.99. The minimum Gasteiger partial charge on any atom is -0.352 e. The zero-order valence-electron chi connectivity index (χ0n) is 16.0. The lowest BCUT2D eigenvalue weighted by molar-refractivity contribution is -0.129. The maximum Gasteiger partial charge on any atom is 0.251 e. The van der Waals surface area contributed by atoms with E-state index >= 15 is 0 Å². The third-order valence-electron chi connectivity index (χ3n) is 4.52. The first-order valence-corrected chi connectivity index (χ1v) is 9.43. The summed E-state index contributed by atoms with van der Waals surface area (Å²) in [7, 11) is 0. The summed E-state index contributed by atoms with van der Waals surface area (Å²) in [5.41, 5.74) is 2.07. The van der Waals surface area contributed by atoms with Crippen molar-refractivity contribution in [2.75, 3.05) is 6.54 Å². The molecule has 0 aromatic heterocycles. The highest BCUT2D eigenvalue weighted by molar-refractivity contribution is 5.94. The number of carbonyl (C=O) groups is 2. The molecule has 0 radical (unpaired) electrons. The number of rotatable bonds is 11. The van der Waals surface area contributed by atoms with Gasteiger partial charge in [0.1, 0.15) is 11.6 Å². The molecule has 6 nitrogen and oxygen atoms in total. The highest BCUT2D eigenvalue weighted by Crippen LogP contribution is 2.13. The zero-order valence-corrected chi connectivity index (χ0v) is 16.0. The number of hydrogen-bond donors (Lipinski definition) is 4. The van der Waals surface area contributed by atoms with Crippen molar-refractivity contribution in [3.05, 3.63) is 71.3 Å². The van der Waals surface area contributed by atoms with Crippen LogP contribution in [0.5, 0.6) is 0 Å². The van der Waals surface area contributed by atoms with Crippen molar-refractivity contribution < 1.29 is 23.6 Å². The third-order valence-corrected chi connectivity index (χ3v) is 4.52. The quantitative estimate of drug-likeness (QED) is 0.263. The number of amides is 2. The first-order valence-electron chi connectivity index (χ1n) is 9.43. The van der Waals surface area contributed by atoms with Crippen molar-refractivity contribution in [3.63, 3.8) is 0 Å². The summed E-state index contributed by atoms with van der Waals surface area (Å²) >= 11 is 0. The number of nitrogens with one attached hydrogen (secondary N) is 3. The third kappa shape index (κ3) is 7.59. The molecule has 2 aromatic rings. The zero-order chi connectivity index (χ0) is 21.1. The van der Waals surface area contributed by atoms with Crippen LogP contribution in [-0.4, -0.2) is 29.6 Å². The lowest BCUT2D eigenvalue weighted by Gasteiger charge is -2.19. The second-order valence-corrected chi connectivity index (χ2v) is 6.62. The topological polar surface area (TPSA) is 90.5 Å². The molecule has 0 aliphatic carbocycles. The fourth-order valence-corrected chi connectivity index (χ4v) is 2.90. The molecule has 0 fully saturated rings. The molecule has 29 heavy (non-hydrogen) atoms. The second kappa shape index (κ2) is 11.9. The number of halogens is 2. The Morgan fingerprint density at radius 2 is 1.66 bits per heavy atom. The second-order valence-electron chi connectivity index (χ2n) is 6.62. The van der Waals surface area contributed by atoms with E-state index in [4.69, 9.17) is 5.21 Å². The molecule has 0 heterocycles. The Labute approximate surface area is 168 Å². The Hall–Kier alpha value is -2.84. The lowest BCUT2D eigenvalue weighted by atomic mass is 10.0. The molecule has 0 spiro atoms. The molecule has 1 unspecified atom stereocenters. The van der Waals surface area contributed by atoms with Crippen LogP contribution in [0.25, 0.3) is 0 Å². The Kier molecular flexibility index (Phi) is 9.20. The summed E-state index contributed by atoms with van der Waals surface area (Å²) in [5, 5.41) is 14.5. The maximum atomic E-state index is 13.8. The predicted molar refractivity (Wildman–Crippen MR) is 104 cm³/mol. The number of hydrogen-bond acceptors (Lipinski definition) is 4. The van der Waals surface area contributed by atoms with Gasteiger partial charge in [-0.15, -0.1) is 0 Å². The van der Waals surface area contributed by atoms with Gasteiger partial charge < -0.3 is 10.6 Å². The van der Waals surface area contributed by atoms with Crippen LogP contribution in [0.2, 0.25) is 0 Å². The van der Waals surface area contributed by atoms with E-state index in [-0.39, 0.29) is 30.5 Å². The van der Waals surface area contributed by atoms with Crippen LogP contribution in [0, 0.1) is 11.6 Å². The largest absolute Gasteiger partial charge is 0.352 e. The smallest absolute Gasteiger partial charge is 0.251 e. The van der Waals surface area contributed by atoms with Crippen LogP contribution < -0.4 is 16.1 Å². The molecule has 1 atom stereocenters. The normalized spacial score (nSPS) is 11.7. The van der Waals surface area contributed by atoms with Crippen LogP contribution in [0.1, 0.15) is 41.6 Å². The molecule has 0 saturated heterocycles. The highest BCUT2D eigenvalue weighted by Gasteiger charge is 2.14. The summed E-state index contributed by atoms with van der Waals surface area (Å²) in [4.78, 5) is 23.3. The molecule has 0 aliphatic rings. The molecule has 156 valence electrons. The van der Waals surface area contributed by atoms with Crippen LogP contribution in [0.3, 0.4) is 0 Å². The molecule has 4 N–H and O–H groups in total. The van der Waals surface area contributed by atoms with Gasteiger partial charge in [-0.3, -0.25) is 14.8 Å². The van der Waals surface area contributed by atoms with Crippen molar-refractivity contribution in [1.29, 1.82) is 0 Å². The summed E-state index contributed by atoms with van der Waals surface area (Å²) in [6.45, 7) is 0.395. The fourth-order valence-electron chi connectivity index (χ4n) is 2.90. The minimum atomic E-state index is -0.639. The van der Waals surface area contributed by atoms with Gasteiger partial charge in [0, 0.05) is 36.7 Å². The van der Waals surface area contributed by atoms with E-state index in [9.17, 15) is 18.4 Å². The SMILES string of the molecule is O=C(CCC(CCCNC(=O)c1ccccc1)NCc1c(F)cccc1F)NO. The molecule has 0 saturated carbocycles. The van der Waals surface area contributed by atoms with E-state index in [0.29, 0.717) is 31.4 Å². The molecule has 2 rings (SSSR count). The van der Waals surface area contributed by atoms with Crippen molar-refractivity contribution in [2.24, 2.45) is 0 Å². The molecule has 0 aliphatic heterocycles. The predicted octanol–water partition coefficient (Wildman–Crippen LogP) is 2.92. The van der Waals surface area contributed by atoms with E-state index in [1.54, 1.807) is 29.7 Å². The van der Waals surface area contributed by atoms with Gasteiger partial charge in [-0.2, -0.15) is 0 Å². The fraction of sp³-hybridized carbons (Fsp3) is 0.333. The average molecular weight is 405 g/mol. The molecule has 8 heteroatoms. The maximum absolute atomic E-state index is 13.8. The van der Waals surface area contributed by atoms with Crippen LogP contribution >= 0.6 is 0 Å². The van der Waals surface area contributed by atoms with Crippen molar-refractivity contribution in [1.82, 2.24) is 16.1 Å². The Balaban J connectivity index is 1.85. The molecule has 2 amide bonds. The van der Waals surface area contributed by atoms with Gasteiger partial charge in [-0.1, -0.05) is 24.3 Å².